The zero-order valence-electron chi connectivity index (χ0n) is 12.7. The predicted octanol–water partition coefficient (Wildman–Crippen LogP) is 1.90. The van der Waals surface area contributed by atoms with Gasteiger partial charge in [-0.1, -0.05) is 11.2 Å². The average Bonchev–Trinajstić information content (AvgIpc) is 3.11. The van der Waals surface area contributed by atoms with Crippen LogP contribution in [0, 0.1) is 0 Å². The molecule has 118 valence electrons. The molecular weight excluding hydrogens is 294 g/mol. The lowest BCUT2D eigenvalue weighted by Gasteiger charge is -2.09. The molecule has 6 nitrogen and oxygen atoms in total. The van der Waals surface area contributed by atoms with Crippen molar-refractivity contribution < 1.29 is 14.4 Å². The maximum Gasteiger partial charge on any atom is 0.264 e. The largest absolute Gasteiger partial charge is 0.497 e. The van der Waals surface area contributed by atoms with Crippen LogP contribution in [-0.2, 0) is 16.2 Å². The molecule has 0 spiro atoms. The Bertz CT molecular complexity index is 699. The van der Waals surface area contributed by atoms with Crippen LogP contribution in [0.3, 0.4) is 0 Å². The minimum absolute atomic E-state index is 0.180. The second kappa shape index (κ2) is 6.91. The third kappa shape index (κ3) is 3.66. The van der Waals surface area contributed by atoms with Crippen LogP contribution >= 0.6 is 0 Å². The number of nitrogens with zero attached hydrogens (tertiary/aromatic N) is 2. The van der Waals surface area contributed by atoms with Crippen molar-refractivity contribution in [2.24, 2.45) is 5.16 Å². The number of rotatable bonds is 5. The molecule has 23 heavy (non-hydrogen) atoms. The molecular formula is C17H17N3O3. The summed E-state index contributed by atoms with van der Waals surface area (Å²) in [6, 6.07) is 11.2. The summed E-state index contributed by atoms with van der Waals surface area (Å²) in [4.78, 5) is 21.4. The highest BCUT2D eigenvalue weighted by Gasteiger charge is 2.28. The number of benzene rings is 1. The molecule has 0 fully saturated rings. The van der Waals surface area contributed by atoms with Crippen LogP contribution in [-0.4, -0.2) is 29.8 Å². The summed E-state index contributed by atoms with van der Waals surface area (Å²) < 4.78 is 5.12. The predicted molar refractivity (Wildman–Crippen MR) is 85.1 cm³/mol. The van der Waals surface area contributed by atoms with Gasteiger partial charge in [-0.25, -0.2) is 0 Å². The zero-order valence-corrected chi connectivity index (χ0v) is 12.7. The van der Waals surface area contributed by atoms with E-state index < -0.39 is 6.10 Å². The molecule has 3 rings (SSSR count). The topological polar surface area (TPSA) is 72.8 Å². The van der Waals surface area contributed by atoms with Crippen molar-refractivity contribution >= 4 is 11.6 Å². The number of amides is 1. The minimum Gasteiger partial charge on any atom is -0.497 e. The molecule has 1 aromatic carbocycles. The maximum atomic E-state index is 12.1. The van der Waals surface area contributed by atoms with E-state index in [4.69, 9.17) is 9.57 Å². The van der Waals surface area contributed by atoms with E-state index in [0.29, 0.717) is 13.0 Å². The van der Waals surface area contributed by atoms with E-state index in [2.05, 4.69) is 15.5 Å². The Morgan fingerprint density at radius 1 is 1.35 bits per heavy atom. The lowest BCUT2D eigenvalue weighted by Crippen LogP contribution is -2.34. The first-order valence-corrected chi connectivity index (χ1v) is 7.30. The molecule has 1 N–H and O–H groups in total. The highest BCUT2D eigenvalue weighted by Crippen LogP contribution is 2.19. The van der Waals surface area contributed by atoms with Gasteiger partial charge < -0.3 is 14.9 Å². The molecule has 2 heterocycles. The Hall–Kier alpha value is -2.89. The number of nitrogens with one attached hydrogen (secondary N) is 1. The summed E-state index contributed by atoms with van der Waals surface area (Å²) in [6.07, 6.45) is 3.27. The van der Waals surface area contributed by atoms with Crippen molar-refractivity contribution in [2.75, 3.05) is 7.11 Å². The quantitative estimate of drug-likeness (QED) is 0.915. The van der Waals surface area contributed by atoms with Gasteiger partial charge in [0.15, 0.2) is 0 Å². The second-order valence-corrected chi connectivity index (χ2v) is 5.14. The van der Waals surface area contributed by atoms with Crippen LogP contribution in [0.15, 0.2) is 53.9 Å². The monoisotopic (exact) mass is 311 g/mol. The highest BCUT2D eigenvalue weighted by atomic mass is 16.6. The Labute approximate surface area is 134 Å². The summed E-state index contributed by atoms with van der Waals surface area (Å²) in [6.45, 7) is 0.421. The molecule has 2 aromatic rings. The fourth-order valence-electron chi connectivity index (χ4n) is 2.28. The fraction of sp³-hybridized carbons (Fsp3) is 0.235. The second-order valence-electron chi connectivity index (χ2n) is 5.14. The van der Waals surface area contributed by atoms with Crippen LogP contribution in [0.1, 0.15) is 17.5 Å². The van der Waals surface area contributed by atoms with Crippen LogP contribution in [0.4, 0.5) is 0 Å². The van der Waals surface area contributed by atoms with Crippen molar-refractivity contribution in [1.82, 2.24) is 10.3 Å². The van der Waals surface area contributed by atoms with Crippen molar-refractivity contribution in [3.8, 4) is 5.75 Å². The first-order chi connectivity index (χ1) is 11.3. The summed E-state index contributed by atoms with van der Waals surface area (Å²) in [5.74, 6) is 0.597. The SMILES string of the molecule is COc1ccc(C2=NO[C@@H](C(=O)NCc3cccnc3)C2)cc1. The lowest BCUT2D eigenvalue weighted by molar-refractivity contribution is -0.131. The number of hydrogen-bond acceptors (Lipinski definition) is 5. The number of hydrogen-bond donors (Lipinski definition) is 1. The molecule has 0 saturated carbocycles. The fourth-order valence-corrected chi connectivity index (χ4v) is 2.28. The Balaban J connectivity index is 1.54. The van der Waals surface area contributed by atoms with E-state index in [1.807, 2.05) is 36.4 Å². The number of aromatic nitrogens is 1. The molecule has 0 saturated heterocycles. The Morgan fingerprint density at radius 2 is 2.17 bits per heavy atom. The van der Waals surface area contributed by atoms with Crippen molar-refractivity contribution in [3.63, 3.8) is 0 Å². The number of carbonyl (C=O) groups excluding carboxylic acids is 1. The molecule has 1 atom stereocenters. The minimum atomic E-state index is -0.594. The molecule has 0 bridgehead atoms. The third-order valence-corrected chi connectivity index (χ3v) is 3.57. The number of oxime groups is 1. The number of pyridine rings is 1. The van der Waals surface area contributed by atoms with Crippen LogP contribution in [0.25, 0.3) is 0 Å². The average molecular weight is 311 g/mol. The third-order valence-electron chi connectivity index (χ3n) is 3.57. The zero-order chi connectivity index (χ0) is 16.1. The number of ether oxygens (including phenoxy) is 1. The van der Waals surface area contributed by atoms with Crippen LogP contribution < -0.4 is 10.1 Å². The lowest BCUT2D eigenvalue weighted by atomic mass is 10.0. The Kier molecular flexibility index (Phi) is 4.52. The van der Waals surface area contributed by atoms with Gasteiger partial charge in [0.25, 0.3) is 5.91 Å². The highest BCUT2D eigenvalue weighted by molar-refractivity contribution is 6.04. The normalized spacial score (nSPS) is 16.4. The van der Waals surface area contributed by atoms with Crippen LogP contribution in [0.2, 0.25) is 0 Å². The van der Waals surface area contributed by atoms with E-state index in [9.17, 15) is 4.79 Å². The first kappa shape index (κ1) is 15.0. The van der Waals surface area contributed by atoms with Gasteiger partial charge in [-0.05, 0) is 41.5 Å². The van der Waals surface area contributed by atoms with Gasteiger partial charge in [0, 0.05) is 25.4 Å². The van der Waals surface area contributed by atoms with Crippen molar-refractivity contribution in [3.05, 3.63) is 59.9 Å². The molecule has 1 amide bonds. The van der Waals surface area contributed by atoms with Gasteiger partial charge in [0.1, 0.15) is 5.75 Å². The smallest absolute Gasteiger partial charge is 0.264 e. The maximum absolute atomic E-state index is 12.1. The van der Waals surface area contributed by atoms with E-state index in [-0.39, 0.29) is 5.91 Å². The Morgan fingerprint density at radius 3 is 2.87 bits per heavy atom. The molecule has 1 aliphatic heterocycles. The summed E-state index contributed by atoms with van der Waals surface area (Å²) in [5.41, 5.74) is 2.62. The van der Waals surface area contributed by atoms with Gasteiger partial charge in [-0.3, -0.25) is 9.78 Å². The summed E-state index contributed by atoms with van der Waals surface area (Å²) >= 11 is 0. The van der Waals surface area contributed by atoms with E-state index in [0.717, 1.165) is 22.6 Å². The number of carbonyl (C=O) groups is 1. The van der Waals surface area contributed by atoms with Gasteiger partial charge in [0.05, 0.1) is 12.8 Å². The standard InChI is InChI=1S/C17H17N3O3/c1-22-14-6-4-13(5-7-14)15-9-16(23-20-15)17(21)19-11-12-3-2-8-18-10-12/h2-8,10,16H,9,11H2,1H3,(H,19,21)/t16-/m1/s1. The molecule has 1 aliphatic rings. The van der Waals surface area contributed by atoms with Crippen molar-refractivity contribution in [1.29, 1.82) is 0 Å². The molecule has 1 aromatic heterocycles. The summed E-state index contributed by atoms with van der Waals surface area (Å²) in [7, 11) is 1.62. The van der Waals surface area contributed by atoms with Gasteiger partial charge in [-0.15, -0.1) is 0 Å². The van der Waals surface area contributed by atoms with Crippen LogP contribution in [0.5, 0.6) is 5.75 Å². The van der Waals surface area contributed by atoms with E-state index in [1.54, 1.807) is 19.5 Å². The first-order valence-electron chi connectivity index (χ1n) is 7.30. The van der Waals surface area contributed by atoms with Crippen molar-refractivity contribution in [2.45, 2.75) is 19.1 Å². The van der Waals surface area contributed by atoms with Gasteiger partial charge >= 0.3 is 0 Å². The molecule has 0 aliphatic carbocycles. The van der Waals surface area contributed by atoms with E-state index >= 15 is 0 Å². The number of methoxy groups -OCH3 is 1. The summed E-state index contributed by atoms with van der Waals surface area (Å²) in [5, 5.41) is 6.86. The van der Waals surface area contributed by atoms with E-state index in [1.165, 1.54) is 0 Å². The van der Waals surface area contributed by atoms with Gasteiger partial charge in [-0.2, -0.15) is 0 Å². The molecule has 0 unspecified atom stereocenters. The van der Waals surface area contributed by atoms with Gasteiger partial charge in [0.2, 0.25) is 6.10 Å². The molecule has 6 heteroatoms. The molecule has 0 radical (unpaired) electrons.